The molecule has 3 aromatic rings. The van der Waals surface area contributed by atoms with E-state index in [9.17, 15) is 9.59 Å². The number of ether oxygens (including phenoxy) is 2. The summed E-state index contributed by atoms with van der Waals surface area (Å²) in [6, 6.07) is 9.13. The summed E-state index contributed by atoms with van der Waals surface area (Å²) in [6.07, 6.45) is -1.00. The van der Waals surface area contributed by atoms with Crippen LogP contribution in [0.3, 0.4) is 0 Å². The third kappa shape index (κ3) is 4.71. The Morgan fingerprint density at radius 1 is 1.32 bits per heavy atom. The highest BCUT2D eigenvalue weighted by Crippen LogP contribution is 2.25. The quantitative estimate of drug-likeness (QED) is 0.605. The van der Waals surface area contributed by atoms with Crippen LogP contribution >= 0.6 is 11.3 Å². The first-order chi connectivity index (χ1) is 13.5. The molecule has 10 heteroatoms. The Morgan fingerprint density at radius 2 is 2.14 bits per heavy atom. The smallest absolute Gasteiger partial charge is 0.330 e. The first kappa shape index (κ1) is 19.5. The minimum atomic E-state index is -1.00. The van der Waals surface area contributed by atoms with E-state index in [1.54, 1.807) is 12.1 Å². The molecule has 0 saturated carbocycles. The van der Waals surface area contributed by atoms with Gasteiger partial charge < -0.3 is 14.8 Å². The maximum Gasteiger partial charge on any atom is 0.330 e. The van der Waals surface area contributed by atoms with Crippen LogP contribution in [0.1, 0.15) is 12.5 Å². The van der Waals surface area contributed by atoms with Crippen LogP contribution < -0.4 is 10.1 Å². The molecule has 0 aliphatic rings. The Kier molecular flexibility index (Phi) is 5.99. The zero-order valence-corrected chi connectivity index (χ0v) is 16.4. The third-order valence-corrected chi connectivity index (χ3v) is 4.62. The van der Waals surface area contributed by atoms with Crippen molar-refractivity contribution in [3.8, 4) is 16.5 Å². The Hall–Kier alpha value is -3.27. The van der Waals surface area contributed by atoms with Gasteiger partial charge in [-0.05, 0) is 48.2 Å². The summed E-state index contributed by atoms with van der Waals surface area (Å²) in [7, 11) is 1.51. The molecule has 3 rings (SSSR count). The maximum absolute atomic E-state index is 12.3. The number of thiophene rings is 1. The SMILES string of the molecule is COc1ccc(C)cc1NC(=O)[C@H](C)OC(=O)Cn1nnc(-c2cccs2)n1. The van der Waals surface area contributed by atoms with Crippen molar-refractivity contribution in [2.45, 2.75) is 26.5 Å². The molecular formula is C18H19N5O4S. The van der Waals surface area contributed by atoms with Gasteiger partial charge in [-0.25, -0.2) is 4.79 Å². The number of benzene rings is 1. The average Bonchev–Trinajstić information content (AvgIpc) is 3.33. The standard InChI is InChI=1S/C18H19N5O4S/c1-11-6-7-14(26-3)13(9-11)19-18(25)12(2)27-16(24)10-23-21-17(20-22-23)15-5-4-8-28-15/h4-9,12H,10H2,1-3H3,(H,19,25)/t12-/m0/s1. The molecule has 0 spiro atoms. The van der Waals surface area contributed by atoms with Gasteiger partial charge in [0.1, 0.15) is 5.75 Å². The van der Waals surface area contributed by atoms with E-state index in [1.165, 1.54) is 25.4 Å². The summed E-state index contributed by atoms with van der Waals surface area (Å²) < 4.78 is 10.4. The van der Waals surface area contributed by atoms with E-state index in [0.717, 1.165) is 15.2 Å². The van der Waals surface area contributed by atoms with Gasteiger partial charge in [0.15, 0.2) is 12.6 Å². The number of tetrazole rings is 1. The molecule has 146 valence electrons. The van der Waals surface area contributed by atoms with Crippen molar-refractivity contribution in [3.63, 3.8) is 0 Å². The number of nitrogens with one attached hydrogen (secondary N) is 1. The lowest BCUT2D eigenvalue weighted by Crippen LogP contribution is -2.31. The Bertz CT molecular complexity index is 970. The number of carbonyl (C=O) groups is 2. The zero-order chi connectivity index (χ0) is 20.1. The lowest BCUT2D eigenvalue weighted by molar-refractivity contribution is -0.154. The first-order valence-corrected chi connectivity index (χ1v) is 9.31. The van der Waals surface area contributed by atoms with E-state index in [0.29, 0.717) is 17.3 Å². The Labute approximate surface area is 165 Å². The fourth-order valence-electron chi connectivity index (χ4n) is 2.37. The van der Waals surface area contributed by atoms with Gasteiger partial charge in [0.25, 0.3) is 5.91 Å². The lowest BCUT2D eigenvalue weighted by Gasteiger charge is -2.15. The number of aryl methyl sites for hydroxylation is 1. The maximum atomic E-state index is 12.3. The number of anilines is 1. The zero-order valence-electron chi connectivity index (χ0n) is 15.6. The van der Waals surface area contributed by atoms with Crippen LogP contribution in [0, 0.1) is 6.92 Å². The lowest BCUT2D eigenvalue weighted by atomic mass is 10.2. The Morgan fingerprint density at radius 3 is 2.86 bits per heavy atom. The molecule has 0 fully saturated rings. The molecule has 0 saturated heterocycles. The van der Waals surface area contributed by atoms with Gasteiger partial charge in [-0.15, -0.1) is 21.5 Å². The predicted molar refractivity (Wildman–Crippen MR) is 103 cm³/mol. The molecule has 0 aliphatic carbocycles. The number of esters is 1. The highest BCUT2D eigenvalue weighted by atomic mass is 32.1. The highest BCUT2D eigenvalue weighted by molar-refractivity contribution is 7.13. The predicted octanol–water partition coefficient (Wildman–Crippen LogP) is 2.29. The molecule has 0 unspecified atom stereocenters. The van der Waals surface area contributed by atoms with E-state index in [1.807, 2.05) is 30.5 Å². The summed E-state index contributed by atoms with van der Waals surface area (Å²) in [5.41, 5.74) is 1.47. The van der Waals surface area contributed by atoms with Gasteiger partial charge in [0.2, 0.25) is 5.82 Å². The monoisotopic (exact) mass is 401 g/mol. The van der Waals surface area contributed by atoms with Gasteiger partial charge in [0.05, 0.1) is 17.7 Å². The summed E-state index contributed by atoms with van der Waals surface area (Å²) in [4.78, 5) is 26.4. The summed E-state index contributed by atoms with van der Waals surface area (Å²) in [6.45, 7) is 3.14. The first-order valence-electron chi connectivity index (χ1n) is 8.43. The minimum Gasteiger partial charge on any atom is -0.495 e. The highest BCUT2D eigenvalue weighted by Gasteiger charge is 2.20. The summed E-state index contributed by atoms with van der Waals surface area (Å²) in [5, 5.41) is 16.5. The summed E-state index contributed by atoms with van der Waals surface area (Å²) >= 11 is 1.47. The van der Waals surface area contributed by atoms with E-state index < -0.39 is 18.0 Å². The van der Waals surface area contributed by atoms with Gasteiger partial charge in [0, 0.05) is 0 Å². The molecular weight excluding hydrogens is 382 g/mol. The second kappa shape index (κ2) is 8.61. The van der Waals surface area contributed by atoms with Crippen molar-refractivity contribution in [1.29, 1.82) is 0 Å². The fraction of sp³-hybridized carbons (Fsp3) is 0.278. The fourth-order valence-corrected chi connectivity index (χ4v) is 3.02. The van der Waals surface area contributed by atoms with Crippen LogP contribution in [0.15, 0.2) is 35.7 Å². The van der Waals surface area contributed by atoms with Gasteiger partial charge >= 0.3 is 5.97 Å². The van der Waals surface area contributed by atoms with Crippen LogP contribution in [0.2, 0.25) is 0 Å². The van der Waals surface area contributed by atoms with E-state index in [4.69, 9.17) is 9.47 Å². The second-order valence-electron chi connectivity index (χ2n) is 5.95. The van der Waals surface area contributed by atoms with E-state index >= 15 is 0 Å². The van der Waals surface area contributed by atoms with Crippen molar-refractivity contribution in [1.82, 2.24) is 20.2 Å². The van der Waals surface area contributed by atoms with Gasteiger partial charge in [-0.3, -0.25) is 4.79 Å². The van der Waals surface area contributed by atoms with Crippen LogP contribution in [0.4, 0.5) is 5.69 Å². The molecule has 1 atom stereocenters. The topological polar surface area (TPSA) is 108 Å². The number of hydrogen-bond acceptors (Lipinski definition) is 8. The van der Waals surface area contributed by atoms with Crippen LogP contribution in [0.5, 0.6) is 5.75 Å². The number of methoxy groups -OCH3 is 1. The molecule has 0 radical (unpaired) electrons. The molecule has 1 amide bonds. The van der Waals surface area contributed by atoms with Crippen molar-refractivity contribution in [2.24, 2.45) is 0 Å². The number of rotatable bonds is 7. The molecule has 0 bridgehead atoms. The molecule has 0 aliphatic heterocycles. The molecule has 1 aromatic carbocycles. The number of nitrogens with zero attached hydrogens (tertiary/aromatic N) is 4. The number of carbonyl (C=O) groups excluding carboxylic acids is 2. The van der Waals surface area contributed by atoms with E-state index in [2.05, 4.69) is 20.7 Å². The van der Waals surface area contributed by atoms with Crippen molar-refractivity contribution in [2.75, 3.05) is 12.4 Å². The van der Waals surface area contributed by atoms with Crippen molar-refractivity contribution >= 4 is 28.9 Å². The normalized spacial score (nSPS) is 11.7. The second-order valence-corrected chi connectivity index (χ2v) is 6.89. The van der Waals surface area contributed by atoms with Gasteiger partial charge in [-0.1, -0.05) is 12.1 Å². The molecule has 2 aromatic heterocycles. The molecule has 9 nitrogen and oxygen atoms in total. The molecule has 28 heavy (non-hydrogen) atoms. The third-order valence-electron chi connectivity index (χ3n) is 3.76. The largest absolute Gasteiger partial charge is 0.495 e. The number of amides is 1. The molecule has 1 N–H and O–H groups in total. The molecule has 2 heterocycles. The van der Waals surface area contributed by atoms with Crippen molar-refractivity contribution < 1.29 is 19.1 Å². The number of aromatic nitrogens is 4. The average molecular weight is 401 g/mol. The van der Waals surface area contributed by atoms with Gasteiger partial charge in [-0.2, -0.15) is 4.80 Å². The number of hydrogen-bond donors (Lipinski definition) is 1. The summed E-state index contributed by atoms with van der Waals surface area (Å²) in [5.74, 6) is -0.164. The van der Waals surface area contributed by atoms with Crippen LogP contribution in [-0.4, -0.2) is 45.3 Å². The van der Waals surface area contributed by atoms with E-state index in [-0.39, 0.29) is 6.54 Å². The van der Waals surface area contributed by atoms with Crippen LogP contribution in [0.25, 0.3) is 10.7 Å². The Balaban J connectivity index is 1.57. The van der Waals surface area contributed by atoms with Crippen molar-refractivity contribution in [3.05, 3.63) is 41.3 Å². The van der Waals surface area contributed by atoms with Crippen LogP contribution in [-0.2, 0) is 20.9 Å². The minimum absolute atomic E-state index is 0.246.